The van der Waals surface area contributed by atoms with Crippen molar-refractivity contribution in [3.8, 4) is 0 Å². The van der Waals surface area contributed by atoms with Gasteiger partial charge in [0.2, 0.25) is 0 Å². The van der Waals surface area contributed by atoms with E-state index < -0.39 is 0 Å². The van der Waals surface area contributed by atoms with E-state index in [0.717, 1.165) is 19.6 Å². The van der Waals surface area contributed by atoms with Crippen LogP contribution in [0.5, 0.6) is 0 Å². The number of carbonyl (C=O) groups is 4. The van der Waals surface area contributed by atoms with Crippen LogP contribution in [-0.4, -0.2) is 23.1 Å². The molecule has 0 heterocycles. The fourth-order valence-corrected chi connectivity index (χ4v) is 7.62. The molecule has 0 radical (unpaired) electrons. The molecule has 2 aliphatic rings. The molecule has 0 aromatic heterocycles. The maximum atomic E-state index is 13.5. The standard InChI is InChI=1S/C26H16O2S2.C14H8O2/c27-25-20-14-8-16-22(30-18-11-5-2-6-12-18)24(20)26(28)19-13-7-15-21(23(19)25)29-17-9-3-1-4-10-17;15-13-9-5-1-2-6-10(9)14(16)12-8-4-3-7-11(12)13/h1-16H;1-8H. The average Bonchev–Trinajstić information content (AvgIpc) is 3.11. The van der Waals surface area contributed by atoms with Gasteiger partial charge in [0, 0.05) is 64.1 Å². The van der Waals surface area contributed by atoms with Gasteiger partial charge in [0.15, 0.2) is 23.1 Å². The molecule has 6 heteroatoms. The highest BCUT2D eigenvalue weighted by Gasteiger charge is 2.34. The molecule has 0 unspecified atom stereocenters. The Morgan fingerprint density at radius 2 is 0.587 bits per heavy atom. The van der Waals surface area contributed by atoms with Crippen LogP contribution in [0, 0.1) is 0 Å². The first-order valence-corrected chi connectivity index (χ1v) is 16.2. The van der Waals surface area contributed by atoms with Crippen molar-refractivity contribution in [3.63, 3.8) is 0 Å². The van der Waals surface area contributed by atoms with Crippen LogP contribution in [-0.2, 0) is 0 Å². The first-order valence-electron chi connectivity index (χ1n) is 14.6. The summed E-state index contributed by atoms with van der Waals surface area (Å²) in [5.41, 5.74) is 4.00. The van der Waals surface area contributed by atoms with E-state index >= 15 is 0 Å². The molecule has 0 fully saturated rings. The van der Waals surface area contributed by atoms with Crippen molar-refractivity contribution in [2.24, 2.45) is 0 Å². The van der Waals surface area contributed by atoms with Gasteiger partial charge in [-0.15, -0.1) is 0 Å². The second-order valence-corrected chi connectivity index (χ2v) is 12.8. The van der Waals surface area contributed by atoms with Gasteiger partial charge in [-0.3, -0.25) is 19.2 Å². The van der Waals surface area contributed by atoms with E-state index in [9.17, 15) is 19.2 Å². The lowest BCUT2D eigenvalue weighted by Gasteiger charge is -2.22. The van der Waals surface area contributed by atoms with Crippen LogP contribution in [0.4, 0.5) is 0 Å². The number of hydrogen-bond acceptors (Lipinski definition) is 6. The van der Waals surface area contributed by atoms with E-state index in [1.54, 1.807) is 60.7 Å². The number of fused-ring (bicyclic) bond motifs is 4. The Bertz CT molecular complexity index is 1970. The summed E-state index contributed by atoms with van der Waals surface area (Å²) in [6, 6.07) is 44.7. The summed E-state index contributed by atoms with van der Waals surface area (Å²) in [6.45, 7) is 0. The van der Waals surface area contributed by atoms with Gasteiger partial charge in [-0.05, 0) is 36.4 Å². The molecule has 6 aromatic carbocycles. The Morgan fingerprint density at radius 1 is 0.283 bits per heavy atom. The number of carbonyl (C=O) groups excluding carboxylic acids is 4. The number of rotatable bonds is 4. The van der Waals surface area contributed by atoms with Crippen LogP contribution in [0.15, 0.2) is 165 Å². The van der Waals surface area contributed by atoms with Gasteiger partial charge in [0.25, 0.3) is 0 Å². The van der Waals surface area contributed by atoms with Crippen LogP contribution < -0.4 is 0 Å². The Morgan fingerprint density at radius 3 is 0.935 bits per heavy atom. The number of hydrogen-bond donors (Lipinski definition) is 0. The number of benzene rings is 6. The van der Waals surface area contributed by atoms with Gasteiger partial charge in [-0.25, -0.2) is 0 Å². The summed E-state index contributed by atoms with van der Waals surface area (Å²) < 4.78 is 0. The second-order valence-electron chi connectivity index (χ2n) is 10.6. The fourth-order valence-electron chi connectivity index (χ4n) is 5.63. The molecule has 0 spiro atoms. The van der Waals surface area contributed by atoms with Crippen LogP contribution in [0.25, 0.3) is 0 Å². The maximum absolute atomic E-state index is 13.5. The smallest absolute Gasteiger partial charge is 0.195 e. The minimum absolute atomic E-state index is 0.0641. The predicted molar refractivity (Wildman–Crippen MR) is 181 cm³/mol. The van der Waals surface area contributed by atoms with Crippen LogP contribution in [0.3, 0.4) is 0 Å². The lowest BCUT2D eigenvalue weighted by atomic mass is 9.84. The minimum Gasteiger partial charge on any atom is -0.289 e. The molecule has 46 heavy (non-hydrogen) atoms. The molecule has 0 atom stereocenters. The molecule has 0 saturated heterocycles. The van der Waals surface area contributed by atoms with E-state index in [4.69, 9.17) is 0 Å². The molecule has 2 aliphatic carbocycles. The van der Waals surface area contributed by atoms with E-state index in [1.807, 2.05) is 84.9 Å². The molecule has 4 nitrogen and oxygen atoms in total. The minimum atomic E-state index is -0.0888. The van der Waals surface area contributed by atoms with Crippen molar-refractivity contribution < 1.29 is 19.2 Å². The lowest BCUT2D eigenvalue weighted by Crippen LogP contribution is -2.22. The molecular formula is C40H24O4S2. The molecule has 0 saturated carbocycles. The molecule has 8 rings (SSSR count). The third kappa shape index (κ3) is 5.42. The monoisotopic (exact) mass is 632 g/mol. The largest absolute Gasteiger partial charge is 0.289 e. The first-order chi connectivity index (χ1) is 22.5. The normalized spacial score (nSPS) is 12.7. The number of ketones is 4. The van der Waals surface area contributed by atoms with Crippen molar-refractivity contribution >= 4 is 46.7 Å². The Labute approximate surface area is 274 Å². The highest BCUT2D eigenvalue weighted by atomic mass is 32.2. The van der Waals surface area contributed by atoms with Crippen LogP contribution in [0.2, 0.25) is 0 Å². The van der Waals surface area contributed by atoms with Crippen molar-refractivity contribution in [1.82, 2.24) is 0 Å². The van der Waals surface area contributed by atoms with Gasteiger partial charge in [-0.2, -0.15) is 0 Å². The lowest BCUT2D eigenvalue weighted by molar-refractivity contribution is 0.0974. The van der Waals surface area contributed by atoms with E-state index in [1.165, 1.54) is 23.5 Å². The van der Waals surface area contributed by atoms with Gasteiger partial charge >= 0.3 is 0 Å². The Balaban J connectivity index is 0.000000177. The summed E-state index contributed by atoms with van der Waals surface area (Å²) in [7, 11) is 0. The van der Waals surface area contributed by atoms with Gasteiger partial charge in [0.1, 0.15) is 0 Å². The highest BCUT2D eigenvalue weighted by Crippen LogP contribution is 2.41. The zero-order chi connectivity index (χ0) is 31.6. The first kappa shape index (κ1) is 29.4. The average molecular weight is 633 g/mol. The predicted octanol–water partition coefficient (Wildman–Crippen LogP) is 9.23. The summed E-state index contributed by atoms with van der Waals surface area (Å²) in [5, 5.41) is 0. The van der Waals surface area contributed by atoms with Crippen molar-refractivity contribution in [2.45, 2.75) is 19.6 Å². The SMILES string of the molecule is O=C1c2cccc(Sc3ccccc3)c2C(=O)c2cccc(Sc3ccccc3)c21.O=C1c2ccccc2C(=O)c2ccccc21. The van der Waals surface area contributed by atoms with Crippen molar-refractivity contribution in [3.05, 3.63) is 190 Å². The Hall–Kier alpha value is -5.30. The van der Waals surface area contributed by atoms with Crippen molar-refractivity contribution in [2.75, 3.05) is 0 Å². The van der Waals surface area contributed by atoms with E-state index in [2.05, 4.69) is 0 Å². The molecule has 220 valence electrons. The Kier molecular flexibility index (Phi) is 8.06. The van der Waals surface area contributed by atoms with Gasteiger partial charge in [0.05, 0.1) is 0 Å². The highest BCUT2D eigenvalue weighted by molar-refractivity contribution is 7.99. The maximum Gasteiger partial charge on any atom is 0.195 e. The fraction of sp³-hybridized carbons (Fsp3) is 0. The topological polar surface area (TPSA) is 68.3 Å². The van der Waals surface area contributed by atoms with Crippen LogP contribution in [0.1, 0.15) is 63.7 Å². The third-order valence-corrected chi connectivity index (χ3v) is 9.91. The molecule has 0 aliphatic heterocycles. The molecule has 0 bridgehead atoms. The van der Waals surface area contributed by atoms with Gasteiger partial charge in [-0.1, -0.05) is 133 Å². The second kappa shape index (κ2) is 12.6. The quantitative estimate of drug-likeness (QED) is 0.193. The third-order valence-electron chi connectivity index (χ3n) is 7.77. The summed E-state index contributed by atoms with van der Waals surface area (Å²) in [6.07, 6.45) is 0. The molecule has 6 aromatic rings. The molecule has 0 amide bonds. The summed E-state index contributed by atoms with van der Waals surface area (Å²) >= 11 is 3.02. The van der Waals surface area contributed by atoms with Crippen molar-refractivity contribution in [1.29, 1.82) is 0 Å². The summed E-state index contributed by atoms with van der Waals surface area (Å²) in [4.78, 5) is 54.9. The zero-order valence-electron chi connectivity index (χ0n) is 24.3. The molecular weight excluding hydrogens is 609 g/mol. The van der Waals surface area contributed by atoms with Crippen LogP contribution >= 0.6 is 23.5 Å². The molecule has 0 N–H and O–H groups in total. The van der Waals surface area contributed by atoms with Gasteiger partial charge < -0.3 is 0 Å². The van der Waals surface area contributed by atoms with E-state index in [-0.39, 0.29) is 23.1 Å². The zero-order valence-corrected chi connectivity index (χ0v) is 25.9. The summed E-state index contributed by atoms with van der Waals surface area (Å²) in [5.74, 6) is -0.306. The van der Waals surface area contributed by atoms with E-state index in [0.29, 0.717) is 44.5 Å².